The first kappa shape index (κ1) is 19.1. The molecule has 5 N–H and O–H groups in total. The van der Waals surface area contributed by atoms with Gasteiger partial charge in [-0.3, -0.25) is 0 Å². The van der Waals surface area contributed by atoms with Crippen LogP contribution < -0.4 is 11.5 Å². The van der Waals surface area contributed by atoms with E-state index in [4.69, 9.17) is 17.9 Å². The highest BCUT2D eigenvalue weighted by Gasteiger charge is 2.63. The molecule has 1 aromatic heterocycles. The largest absolute Gasteiger partial charge is 0.377 e. The fourth-order valence-corrected chi connectivity index (χ4v) is 8.46. The number of hydrogen-bond acceptors (Lipinski definition) is 4. The number of terminal acetylenes is 1. The average Bonchev–Trinajstić information content (AvgIpc) is 3.19. The Morgan fingerprint density at radius 3 is 2.76 bits per heavy atom. The van der Waals surface area contributed by atoms with Gasteiger partial charge in [-0.1, -0.05) is 37.2 Å². The molecular weight excluding hydrogens is 380 g/mol. The van der Waals surface area contributed by atoms with E-state index >= 15 is 0 Å². The van der Waals surface area contributed by atoms with E-state index in [0.717, 1.165) is 50.6 Å². The molecule has 0 spiro atoms. The molecule has 0 radical (unpaired) electrons. The number of hydrogen-bond donors (Lipinski definition) is 3. The first-order valence-corrected chi connectivity index (χ1v) is 11.5. The van der Waals surface area contributed by atoms with Crippen molar-refractivity contribution in [3.05, 3.63) is 16.6 Å². The number of allylic oxidation sites excluding steroid dienone is 2. The van der Waals surface area contributed by atoms with Crippen LogP contribution in [0.3, 0.4) is 0 Å². The van der Waals surface area contributed by atoms with Gasteiger partial charge in [0.05, 0.1) is 10.6 Å². The van der Waals surface area contributed by atoms with E-state index in [1.54, 1.807) is 11.3 Å². The summed E-state index contributed by atoms with van der Waals surface area (Å²) in [6.07, 6.45) is 15.3. The summed E-state index contributed by atoms with van der Waals surface area (Å²) in [7, 11) is 0. The van der Waals surface area contributed by atoms with E-state index in [1.807, 2.05) is 0 Å². The molecule has 2 fully saturated rings. The molecule has 1 heterocycles. The van der Waals surface area contributed by atoms with Crippen LogP contribution in [0.15, 0.2) is 11.1 Å². The monoisotopic (exact) mass is 410 g/mol. The summed E-state index contributed by atoms with van der Waals surface area (Å²) in [5, 5.41) is 11.8. The van der Waals surface area contributed by atoms with E-state index in [-0.39, 0.29) is 16.8 Å². The predicted octanol–water partition coefficient (Wildman–Crippen LogP) is 3.59. The standard InChI is InChI=1S/C23H30N4OS/c1-4-23(28)12-8-15-13-5-6-16-18-17(26-20(29-18)27-19(24)25)9-10-21(16,2)14(13)7-11-22(15,23)3/h1,6,13-15,28H,5,7-12H2,2-3H3,(H4,24,25,26,27)/t13-,14+,15+,21-,22+,23+/m1/s1. The van der Waals surface area contributed by atoms with Gasteiger partial charge in [-0.05, 0) is 73.7 Å². The van der Waals surface area contributed by atoms with Gasteiger partial charge in [-0.25, -0.2) is 4.98 Å². The molecule has 6 atom stereocenters. The lowest BCUT2D eigenvalue weighted by molar-refractivity contribution is -0.0886. The van der Waals surface area contributed by atoms with E-state index in [0.29, 0.717) is 22.9 Å². The van der Waals surface area contributed by atoms with Crippen molar-refractivity contribution in [3.63, 3.8) is 0 Å². The number of aryl methyl sites for hydroxylation is 1. The summed E-state index contributed by atoms with van der Waals surface area (Å²) < 4.78 is 0. The fraction of sp³-hybridized carbons (Fsp3) is 0.652. The lowest BCUT2D eigenvalue weighted by Crippen LogP contribution is -2.53. The number of aromatic nitrogens is 1. The summed E-state index contributed by atoms with van der Waals surface area (Å²) >= 11 is 1.62. The topological polar surface area (TPSA) is 97.5 Å². The van der Waals surface area contributed by atoms with Crippen LogP contribution in [0.5, 0.6) is 0 Å². The lowest BCUT2D eigenvalue weighted by atomic mass is 9.47. The molecule has 1 aromatic rings. The third kappa shape index (κ3) is 2.44. The Bertz CT molecular complexity index is 970. The number of fused-ring (bicyclic) bond motifs is 7. The highest BCUT2D eigenvalue weighted by Crippen LogP contribution is 2.68. The lowest BCUT2D eigenvalue weighted by Gasteiger charge is -2.57. The highest BCUT2D eigenvalue weighted by molar-refractivity contribution is 7.16. The van der Waals surface area contributed by atoms with Crippen LogP contribution in [0.25, 0.3) is 5.57 Å². The van der Waals surface area contributed by atoms with E-state index in [9.17, 15) is 5.11 Å². The zero-order valence-corrected chi connectivity index (χ0v) is 18.1. The number of guanidine groups is 1. The predicted molar refractivity (Wildman–Crippen MR) is 117 cm³/mol. The van der Waals surface area contributed by atoms with Gasteiger partial charge in [-0.2, -0.15) is 4.99 Å². The van der Waals surface area contributed by atoms with Crippen molar-refractivity contribution in [1.29, 1.82) is 0 Å². The number of aliphatic imine (C=N–C) groups is 1. The normalized spacial score (nSPS) is 42.6. The van der Waals surface area contributed by atoms with Gasteiger partial charge < -0.3 is 16.6 Å². The van der Waals surface area contributed by atoms with Gasteiger partial charge in [0, 0.05) is 5.41 Å². The molecule has 0 amide bonds. The Morgan fingerprint density at radius 1 is 1.28 bits per heavy atom. The molecule has 0 bridgehead atoms. The molecule has 0 aliphatic heterocycles. The Hall–Kier alpha value is -1.84. The van der Waals surface area contributed by atoms with Crippen molar-refractivity contribution < 1.29 is 5.11 Å². The minimum Gasteiger partial charge on any atom is -0.377 e. The molecule has 5 rings (SSSR count). The average molecular weight is 411 g/mol. The third-order valence-electron chi connectivity index (χ3n) is 8.89. The minimum absolute atomic E-state index is 0.0605. The molecule has 4 aliphatic rings. The second kappa shape index (κ2) is 6.09. The van der Waals surface area contributed by atoms with Gasteiger partial charge in [0.25, 0.3) is 0 Å². The molecule has 2 saturated carbocycles. The molecule has 5 nitrogen and oxygen atoms in total. The van der Waals surface area contributed by atoms with Crippen molar-refractivity contribution in [3.8, 4) is 12.3 Å². The number of nitrogens with zero attached hydrogens (tertiary/aromatic N) is 2. The van der Waals surface area contributed by atoms with Gasteiger partial charge in [-0.15, -0.1) is 6.42 Å². The van der Waals surface area contributed by atoms with Crippen molar-refractivity contribution in [2.45, 2.75) is 64.4 Å². The molecule has 6 heteroatoms. The number of nitrogens with two attached hydrogens (primary N) is 2. The van der Waals surface area contributed by atoms with Crippen LogP contribution in [0, 0.1) is 40.9 Å². The van der Waals surface area contributed by atoms with Gasteiger partial charge in [0.1, 0.15) is 5.60 Å². The van der Waals surface area contributed by atoms with E-state index in [1.165, 1.54) is 10.5 Å². The SMILES string of the molecule is C#C[C@]1(O)CC[C@H]2[C@@H]3CC=C4c5sc(N=C(N)N)nc5CC[C@]4(C)[C@H]3CC[C@@]21C. The second-order valence-corrected chi connectivity index (χ2v) is 10.9. The van der Waals surface area contributed by atoms with Crippen LogP contribution in [-0.4, -0.2) is 21.7 Å². The first-order valence-electron chi connectivity index (χ1n) is 10.7. The first-order chi connectivity index (χ1) is 13.7. The van der Waals surface area contributed by atoms with Crippen molar-refractivity contribution in [2.75, 3.05) is 0 Å². The Kier molecular flexibility index (Phi) is 4.02. The van der Waals surface area contributed by atoms with Crippen LogP contribution in [0.4, 0.5) is 5.13 Å². The third-order valence-corrected chi connectivity index (χ3v) is 9.92. The molecule has 154 valence electrons. The zero-order chi connectivity index (χ0) is 20.6. The second-order valence-electron chi connectivity index (χ2n) is 9.96. The fourth-order valence-electron chi connectivity index (χ4n) is 7.27. The van der Waals surface area contributed by atoms with Crippen LogP contribution >= 0.6 is 11.3 Å². The van der Waals surface area contributed by atoms with Crippen molar-refractivity contribution in [1.82, 2.24) is 4.98 Å². The molecular formula is C23H30N4OS. The summed E-state index contributed by atoms with van der Waals surface area (Å²) in [5.41, 5.74) is 12.8. The van der Waals surface area contributed by atoms with Crippen molar-refractivity contribution in [2.24, 2.45) is 45.0 Å². The Balaban J connectivity index is 1.54. The molecule has 0 saturated heterocycles. The van der Waals surface area contributed by atoms with Gasteiger partial charge in [0.15, 0.2) is 5.96 Å². The minimum atomic E-state index is -0.944. The van der Waals surface area contributed by atoms with E-state index in [2.05, 4.69) is 35.8 Å². The molecule has 29 heavy (non-hydrogen) atoms. The maximum atomic E-state index is 11.2. The van der Waals surface area contributed by atoms with E-state index < -0.39 is 5.60 Å². The number of rotatable bonds is 1. The number of thiazole rings is 1. The van der Waals surface area contributed by atoms with Crippen LogP contribution in [-0.2, 0) is 6.42 Å². The highest BCUT2D eigenvalue weighted by atomic mass is 32.1. The molecule has 4 aliphatic carbocycles. The van der Waals surface area contributed by atoms with Gasteiger partial charge in [0.2, 0.25) is 5.13 Å². The smallest absolute Gasteiger partial charge is 0.213 e. The summed E-state index contributed by atoms with van der Waals surface area (Å²) in [5.74, 6) is 4.55. The van der Waals surface area contributed by atoms with Gasteiger partial charge >= 0.3 is 0 Å². The maximum Gasteiger partial charge on any atom is 0.213 e. The summed E-state index contributed by atoms with van der Waals surface area (Å²) in [6, 6.07) is 0. The zero-order valence-electron chi connectivity index (χ0n) is 17.2. The molecule has 0 aromatic carbocycles. The molecule has 0 unspecified atom stereocenters. The van der Waals surface area contributed by atoms with Crippen LogP contribution in [0.2, 0.25) is 0 Å². The maximum absolute atomic E-state index is 11.2. The Morgan fingerprint density at radius 2 is 2.03 bits per heavy atom. The summed E-state index contributed by atoms with van der Waals surface area (Å²) in [6.45, 7) is 4.69. The quantitative estimate of drug-likeness (QED) is 0.374. The number of aliphatic hydroxyl groups is 1. The Labute approximate surface area is 176 Å². The van der Waals surface area contributed by atoms with Crippen molar-refractivity contribution >= 4 is 28.0 Å². The summed E-state index contributed by atoms with van der Waals surface area (Å²) in [4.78, 5) is 10.2. The van der Waals surface area contributed by atoms with Crippen LogP contribution in [0.1, 0.15) is 62.9 Å².